The van der Waals surface area contributed by atoms with Gasteiger partial charge in [0.1, 0.15) is 6.10 Å². The number of aliphatic hydroxyl groups is 1. The van der Waals surface area contributed by atoms with Crippen molar-refractivity contribution in [1.82, 2.24) is 0 Å². The van der Waals surface area contributed by atoms with Crippen LogP contribution in [0.4, 0.5) is 0 Å². The summed E-state index contributed by atoms with van der Waals surface area (Å²) < 4.78 is 0.982. The maximum absolute atomic E-state index is 10.3. The zero-order valence-electron chi connectivity index (χ0n) is 9.43. The minimum absolute atomic E-state index is 0.570. The van der Waals surface area contributed by atoms with E-state index in [-0.39, 0.29) is 0 Å². The highest BCUT2D eigenvalue weighted by Crippen LogP contribution is 2.26. The van der Waals surface area contributed by atoms with Crippen molar-refractivity contribution in [2.45, 2.75) is 11.0 Å². The average molecular weight is 309 g/mol. The van der Waals surface area contributed by atoms with Gasteiger partial charge < -0.3 is 5.11 Å². The first-order valence-corrected chi connectivity index (χ1v) is 7.30. The Balaban J connectivity index is 2.33. The summed E-state index contributed by atoms with van der Waals surface area (Å²) in [5.41, 5.74) is 1.83. The lowest BCUT2D eigenvalue weighted by molar-refractivity contribution is 0.220. The van der Waals surface area contributed by atoms with E-state index in [9.17, 15) is 5.11 Å². The number of aliphatic hydroxyl groups excluding tert-OH is 1. The van der Waals surface area contributed by atoms with Gasteiger partial charge in [0.25, 0.3) is 0 Å². The topological polar surface area (TPSA) is 20.2 Å². The van der Waals surface area contributed by atoms with E-state index in [1.807, 2.05) is 54.8 Å². The van der Waals surface area contributed by atoms with Gasteiger partial charge in [0, 0.05) is 9.37 Å². The molecule has 88 valence electrons. The zero-order chi connectivity index (χ0) is 12.3. The van der Waals surface area contributed by atoms with Crippen LogP contribution in [0, 0.1) is 0 Å². The van der Waals surface area contributed by atoms with Crippen molar-refractivity contribution in [3.63, 3.8) is 0 Å². The van der Waals surface area contributed by atoms with Gasteiger partial charge in [-0.25, -0.2) is 0 Å². The molecule has 0 aliphatic heterocycles. The zero-order valence-corrected chi connectivity index (χ0v) is 11.8. The molecular weight excluding hydrogens is 296 g/mol. The summed E-state index contributed by atoms with van der Waals surface area (Å²) in [4.78, 5) is 1.16. The molecule has 2 aromatic rings. The Morgan fingerprint density at radius 2 is 1.71 bits per heavy atom. The van der Waals surface area contributed by atoms with Gasteiger partial charge in [0.15, 0.2) is 0 Å². The molecule has 0 unspecified atom stereocenters. The third-order valence-electron chi connectivity index (χ3n) is 2.57. The van der Waals surface area contributed by atoms with Gasteiger partial charge in [0.05, 0.1) is 0 Å². The lowest BCUT2D eigenvalue weighted by Crippen LogP contribution is -1.99. The molecular formula is C14H13BrOS. The second-order valence-corrected chi connectivity index (χ2v) is 5.53. The van der Waals surface area contributed by atoms with Gasteiger partial charge in [-0.1, -0.05) is 40.2 Å². The summed E-state index contributed by atoms with van der Waals surface area (Å²) in [6.07, 6.45) is 1.46. The molecule has 0 saturated carbocycles. The molecule has 0 aromatic heterocycles. The van der Waals surface area contributed by atoms with Crippen LogP contribution < -0.4 is 0 Å². The van der Waals surface area contributed by atoms with E-state index in [0.29, 0.717) is 0 Å². The molecule has 0 radical (unpaired) electrons. The highest BCUT2D eigenvalue weighted by atomic mass is 79.9. The van der Waals surface area contributed by atoms with Gasteiger partial charge in [-0.2, -0.15) is 0 Å². The summed E-state index contributed by atoms with van der Waals surface area (Å²) in [6.45, 7) is 0. The highest BCUT2D eigenvalue weighted by molar-refractivity contribution is 9.10. The molecule has 0 amide bonds. The molecule has 0 aliphatic rings. The normalized spacial score (nSPS) is 12.4. The second kappa shape index (κ2) is 5.71. The van der Waals surface area contributed by atoms with E-state index in [1.54, 1.807) is 11.8 Å². The largest absolute Gasteiger partial charge is 0.384 e. The van der Waals surface area contributed by atoms with Gasteiger partial charge in [-0.05, 0) is 41.6 Å². The molecule has 0 aliphatic carbocycles. The molecule has 1 N–H and O–H groups in total. The SMILES string of the molecule is CSc1cccc([C@H](O)c2cccc(Br)c2)c1. The predicted octanol–water partition coefficient (Wildman–Crippen LogP) is 4.25. The van der Waals surface area contributed by atoms with Crippen LogP contribution in [0.1, 0.15) is 17.2 Å². The first-order chi connectivity index (χ1) is 8.20. The molecule has 0 saturated heterocycles. The quantitative estimate of drug-likeness (QED) is 0.855. The molecule has 17 heavy (non-hydrogen) atoms. The van der Waals surface area contributed by atoms with Crippen molar-refractivity contribution in [3.8, 4) is 0 Å². The van der Waals surface area contributed by atoms with E-state index in [0.717, 1.165) is 20.5 Å². The fourth-order valence-corrected chi connectivity index (χ4v) is 2.57. The molecule has 3 heteroatoms. The van der Waals surface area contributed by atoms with Crippen LogP contribution >= 0.6 is 27.7 Å². The van der Waals surface area contributed by atoms with Crippen molar-refractivity contribution < 1.29 is 5.11 Å². The third kappa shape index (κ3) is 3.12. The summed E-state index contributed by atoms with van der Waals surface area (Å²) in [6, 6.07) is 15.7. The summed E-state index contributed by atoms with van der Waals surface area (Å²) in [7, 11) is 0. The van der Waals surface area contributed by atoms with Crippen LogP contribution in [0.2, 0.25) is 0 Å². The average Bonchev–Trinajstić information content (AvgIpc) is 2.38. The van der Waals surface area contributed by atoms with E-state index < -0.39 is 6.10 Å². The Kier molecular flexibility index (Phi) is 4.26. The number of thioether (sulfide) groups is 1. The van der Waals surface area contributed by atoms with Crippen LogP contribution in [-0.4, -0.2) is 11.4 Å². The van der Waals surface area contributed by atoms with E-state index in [1.165, 1.54) is 0 Å². The molecule has 2 aromatic carbocycles. The number of rotatable bonds is 3. The number of halogens is 1. The molecule has 2 rings (SSSR count). The Hall–Kier alpha value is -0.770. The highest BCUT2D eigenvalue weighted by Gasteiger charge is 2.10. The van der Waals surface area contributed by atoms with Gasteiger partial charge in [0.2, 0.25) is 0 Å². The molecule has 0 fully saturated rings. The number of hydrogen-bond donors (Lipinski definition) is 1. The van der Waals surface area contributed by atoms with Crippen LogP contribution in [-0.2, 0) is 0 Å². The van der Waals surface area contributed by atoms with Crippen LogP contribution in [0.25, 0.3) is 0 Å². The van der Waals surface area contributed by atoms with Crippen LogP contribution in [0.3, 0.4) is 0 Å². The molecule has 1 nitrogen and oxygen atoms in total. The third-order valence-corrected chi connectivity index (χ3v) is 3.79. The summed E-state index contributed by atoms with van der Waals surface area (Å²) in [5.74, 6) is 0. The van der Waals surface area contributed by atoms with E-state index in [2.05, 4.69) is 15.9 Å². The fourth-order valence-electron chi connectivity index (χ4n) is 1.68. The van der Waals surface area contributed by atoms with Crippen molar-refractivity contribution in [2.75, 3.05) is 6.26 Å². The summed E-state index contributed by atoms with van der Waals surface area (Å²) >= 11 is 5.09. The second-order valence-electron chi connectivity index (χ2n) is 3.73. The molecule has 0 bridgehead atoms. The van der Waals surface area contributed by atoms with Crippen molar-refractivity contribution in [2.24, 2.45) is 0 Å². The van der Waals surface area contributed by atoms with Crippen LogP contribution in [0.15, 0.2) is 57.9 Å². The van der Waals surface area contributed by atoms with Crippen LogP contribution in [0.5, 0.6) is 0 Å². The lowest BCUT2D eigenvalue weighted by atomic mass is 10.0. The minimum Gasteiger partial charge on any atom is -0.384 e. The van der Waals surface area contributed by atoms with Crippen molar-refractivity contribution >= 4 is 27.7 Å². The van der Waals surface area contributed by atoms with E-state index in [4.69, 9.17) is 0 Å². The Morgan fingerprint density at radius 3 is 2.35 bits per heavy atom. The lowest BCUT2D eigenvalue weighted by Gasteiger charge is -2.12. The number of hydrogen-bond acceptors (Lipinski definition) is 2. The smallest absolute Gasteiger partial charge is 0.104 e. The van der Waals surface area contributed by atoms with Crippen molar-refractivity contribution in [3.05, 3.63) is 64.1 Å². The van der Waals surface area contributed by atoms with Gasteiger partial charge in [-0.3, -0.25) is 0 Å². The standard InChI is InChI=1S/C14H13BrOS/c1-17-13-7-3-5-11(9-13)14(16)10-4-2-6-12(15)8-10/h2-9,14,16H,1H3/t14-/m1/s1. The Labute approximate surface area is 114 Å². The molecule has 1 atom stereocenters. The van der Waals surface area contributed by atoms with Gasteiger partial charge in [-0.15, -0.1) is 11.8 Å². The minimum atomic E-state index is -0.570. The molecule has 0 heterocycles. The molecule has 0 spiro atoms. The maximum atomic E-state index is 10.3. The summed E-state index contributed by atoms with van der Waals surface area (Å²) in [5, 5.41) is 10.3. The van der Waals surface area contributed by atoms with E-state index >= 15 is 0 Å². The number of benzene rings is 2. The Bertz CT molecular complexity index is 513. The fraction of sp³-hybridized carbons (Fsp3) is 0.143. The monoisotopic (exact) mass is 308 g/mol. The maximum Gasteiger partial charge on any atom is 0.104 e. The van der Waals surface area contributed by atoms with Crippen molar-refractivity contribution in [1.29, 1.82) is 0 Å². The Morgan fingerprint density at radius 1 is 1.06 bits per heavy atom. The predicted molar refractivity (Wildman–Crippen MR) is 76.4 cm³/mol. The first kappa shape index (κ1) is 12.7. The van der Waals surface area contributed by atoms with Gasteiger partial charge >= 0.3 is 0 Å². The first-order valence-electron chi connectivity index (χ1n) is 5.28.